The molecular formula is C16H15NO5. The molecule has 6 heteroatoms. The molecule has 0 N–H and O–H groups in total. The number of nitrogens with zero attached hydrogens (tertiary/aromatic N) is 1. The number of benzene rings is 1. The molecule has 1 aliphatic heterocycles. The minimum atomic E-state index is -0.738. The number of rotatable bonds is 5. The van der Waals surface area contributed by atoms with Crippen LogP contribution in [0.5, 0.6) is 11.5 Å². The summed E-state index contributed by atoms with van der Waals surface area (Å²) < 4.78 is 15.7. The number of nitriles is 1. The quantitative estimate of drug-likeness (QED) is 0.271. The molecule has 1 aliphatic rings. The van der Waals surface area contributed by atoms with Crippen LogP contribution in [0.2, 0.25) is 0 Å². The summed E-state index contributed by atoms with van der Waals surface area (Å²) >= 11 is 0. The van der Waals surface area contributed by atoms with Gasteiger partial charge in [-0.3, -0.25) is 4.79 Å². The molecule has 1 heterocycles. The van der Waals surface area contributed by atoms with Crippen molar-refractivity contribution in [2.75, 3.05) is 19.8 Å². The van der Waals surface area contributed by atoms with Gasteiger partial charge in [0.25, 0.3) is 0 Å². The van der Waals surface area contributed by atoms with Crippen LogP contribution in [0.3, 0.4) is 0 Å². The van der Waals surface area contributed by atoms with Crippen LogP contribution in [0.1, 0.15) is 18.9 Å². The van der Waals surface area contributed by atoms with Gasteiger partial charge in [-0.15, -0.1) is 0 Å². The van der Waals surface area contributed by atoms with Crippen molar-refractivity contribution in [2.24, 2.45) is 0 Å². The zero-order valence-corrected chi connectivity index (χ0v) is 12.1. The number of hydrogen-bond acceptors (Lipinski definition) is 6. The van der Waals surface area contributed by atoms with Crippen molar-refractivity contribution in [1.29, 1.82) is 5.26 Å². The molecule has 0 atom stereocenters. The fraction of sp³-hybridized carbons (Fsp3) is 0.312. The molecule has 6 nitrogen and oxygen atoms in total. The number of Topliss-reactive ketones (excluding diaryl/α,β-unsaturated/α-hetero) is 1. The highest BCUT2D eigenvalue weighted by atomic mass is 16.6. The summed E-state index contributed by atoms with van der Waals surface area (Å²) in [6.07, 6.45) is 1.52. The summed E-state index contributed by atoms with van der Waals surface area (Å²) in [5.74, 6) is 0.0552. The first-order valence-electron chi connectivity index (χ1n) is 6.78. The van der Waals surface area contributed by atoms with Crippen LogP contribution >= 0.6 is 0 Å². The molecule has 0 bridgehead atoms. The van der Waals surface area contributed by atoms with E-state index in [0.29, 0.717) is 30.3 Å². The summed E-state index contributed by atoms with van der Waals surface area (Å²) in [7, 11) is 0. The van der Waals surface area contributed by atoms with Crippen molar-refractivity contribution in [3.63, 3.8) is 0 Å². The Bertz CT molecular complexity index is 657. The van der Waals surface area contributed by atoms with Crippen molar-refractivity contribution in [3.8, 4) is 17.6 Å². The standard InChI is InChI=1S/C16H15NO5/c1-11(18)13(16(19)22-6-2-5-17)9-12-3-4-14-15(10-12)21-8-7-20-14/h3-4,9-10H,2,6-8H2,1H3/b13-9-. The van der Waals surface area contributed by atoms with Crippen molar-refractivity contribution in [2.45, 2.75) is 13.3 Å². The van der Waals surface area contributed by atoms with Gasteiger partial charge in [-0.05, 0) is 30.7 Å². The van der Waals surface area contributed by atoms with E-state index in [9.17, 15) is 9.59 Å². The van der Waals surface area contributed by atoms with Gasteiger partial charge in [0.2, 0.25) is 0 Å². The second-order valence-corrected chi connectivity index (χ2v) is 4.56. The van der Waals surface area contributed by atoms with Crippen molar-refractivity contribution < 1.29 is 23.8 Å². The van der Waals surface area contributed by atoms with E-state index >= 15 is 0 Å². The third kappa shape index (κ3) is 3.85. The molecule has 0 fully saturated rings. The Morgan fingerprint density at radius 1 is 1.32 bits per heavy atom. The Balaban J connectivity index is 2.21. The number of hydrogen-bond donors (Lipinski definition) is 0. The molecular weight excluding hydrogens is 286 g/mol. The van der Waals surface area contributed by atoms with Gasteiger partial charge in [-0.1, -0.05) is 6.07 Å². The molecule has 22 heavy (non-hydrogen) atoms. The molecule has 0 aliphatic carbocycles. The van der Waals surface area contributed by atoms with Crippen LogP contribution in [0.15, 0.2) is 23.8 Å². The Hall–Kier alpha value is -2.81. The van der Waals surface area contributed by atoms with Crippen LogP contribution < -0.4 is 9.47 Å². The zero-order valence-electron chi connectivity index (χ0n) is 12.1. The van der Waals surface area contributed by atoms with Crippen LogP contribution in [-0.4, -0.2) is 31.6 Å². The summed E-state index contributed by atoms with van der Waals surface area (Å²) in [4.78, 5) is 23.5. The second kappa shape index (κ2) is 7.27. The molecule has 2 rings (SSSR count). The summed E-state index contributed by atoms with van der Waals surface area (Å²) in [5.41, 5.74) is 0.557. The maximum atomic E-state index is 11.9. The molecule has 0 saturated carbocycles. The molecule has 0 saturated heterocycles. The van der Waals surface area contributed by atoms with E-state index < -0.39 is 11.8 Å². The average molecular weight is 301 g/mol. The topological polar surface area (TPSA) is 85.6 Å². The van der Waals surface area contributed by atoms with Gasteiger partial charge in [-0.25, -0.2) is 4.79 Å². The van der Waals surface area contributed by atoms with Gasteiger partial charge in [0.15, 0.2) is 17.3 Å². The lowest BCUT2D eigenvalue weighted by Crippen LogP contribution is -2.15. The van der Waals surface area contributed by atoms with Gasteiger partial charge in [0.05, 0.1) is 12.5 Å². The third-order valence-electron chi connectivity index (χ3n) is 2.92. The van der Waals surface area contributed by atoms with E-state index in [1.54, 1.807) is 18.2 Å². The van der Waals surface area contributed by atoms with Crippen LogP contribution in [0.4, 0.5) is 0 Å². The summed E-state index contributed by atoms with van der Waals surface area (Å²) in [5, 5.41) is 8.43. The second-order valence-electron chi connectivity index (χ2n) is 4.56. The van der Waals surface area contributed by atoms with E-state index in [2.05, 4.69) is 0 Å². The number of carbonyl (C=O) groups is 2. The monoisotopic (exact) mass is 301 g/mol. The lowest BCUT2D eigenvalue weighted by molar-refractivity contribution is -0.140. The minimum Gasteiger partial charge on any atom is -0.486 e. The number of ketones is 1. The highest BCUT2D eigenvalue weighted by Crippen LogP contribution is 2.31. The highest BCUT2D eigenvalue weighted by molar-refractivity contribution is 6.19. The van der Waals surface area contributed by atoms with Gasteiger partial charge < -0.3 is 14.2 Å². The van der Waals surface area contributed by atoms with Crippen LogP contribution in [0, 0.1) is 11.3 Å². The molecule has 1 aromatic carbocycles. The SMILES string of the molecule is CC(=O)/C(=C/c1ccc2c(c1)OCCO2)C(=O)OCCC#N. The average Bonchev–Trinajstić information content (AvgIpc) is 2.52. The van der Waals surface area contributed by atoms with E-state index in [1.165, 1.54) is 13.0 Å². The largest absolute Gasteiger partial charge is 0.486 e. The first kappa shape index (κ1) is 15.6. The maximum absolute atomic E-state index is 11.9. The number of esters is 1. The molecule has 0 radical (unpaired) electrons. The smallest absolute Gasteiger partial charge is 0.341 e. The first-order valence-corrected chi connectivity index (χ1v) is 6.78. The third-order valence-corrected chi connectivity index (χ3v) is 2.92. The van der Waals surface area contributed by atoms with Crippen LogP contribution in [-0.2, 0) is 14.3 Å². The molecule has 1 aromatic rings. The highest BCUT2D eigenvalue weighted by Gasteiger charge is 2.17. The Labute approximate surface area is 127 Å². The first-order chi connectivity index (χ1) is 10.6. The summed E-state index contributed by atoms with van der Waals surface area (Å²) in [6, 6.07) is 7.00. The van der Waals surface area contributed by atoms with Crippen LogP contribution in [0.25, 0.3) is 6.08 Å². The Kier molecular flexibility index (Phi) is 5.15. The van der Waals surface area contributed by atoms with E-state index in [4.69, 9.17) is 19.5 Å². The van der Waals surface area contributed by atoms with Gasteiger partial charge in [0.1, 0.15) is 25.4 Å². The van der Waals surface area contributed by atoms with Gasteiger partial charge >= 0.3 is 5.97 Å². The molecule has 0 amide bonds. The van der Waals surface area contributed by atoms with Gasteiger partial charge in [-0.2, -0.15) is 5.26 Å². The molecule has 0 aromatic heterocycles. The van der Waals surface area contributed by atoms with E-state index in [0.717, 1.165) is 0 Å². The zero-order chi connectivity index (χ0) is 15.9. The molecule has 114 valence electrons. The Morgan fingerprint density at radius 3 is 2.73 bits per heavy atom. The number of ether oxygens (including phenoxy) is 3. The molecule has 0 spiro atoms. The maximum Gasteiger partial charge on any atom is 0.341 e. The number of fused-ring (bicyclic) bond motifs is 1. The number of carbonyl (C=O) groups excluding carboxylic acids is 2. The predicted molar refractivity (Wildman–Crippen MR) is 77.3 cm³/mol. The van der Waals surface area contributed by atoms with Crippen molar-refractivity contribution in [1.82, 2.24) is 0 Å². The van der Waals surface area contributed by atoms with E-state index in [-0.39, 0.29) is 18.6 Å². The lowest BCUT2D eigenvalue weighted by Gasteiger charge is -2.18. The predicted octanol–water partition coefficient (Wildman–Crippen LogP) is 1.89. The minimum absolute atomic E-state index is 0.0406. The lowest BCUT2D eigenvalue weighted by atomic mass is 10.1. The van der Waals surface area contributed by atoms with E-state index in [1.807, 2.05) is 6.07 Å². The van der Waals surface area contributed by atoms with Crippen molar-refractivity contribution in [3.05, 3.63) is 29.3 Å². The fourth-order valence-corrected chi connectivity index (χ4v) is 1.89. The van der Waals surface area contributed by atoms with Gasteiger partial charge in [0, 0.05) is 0 Å². The fourth-order valence-electron chi connectivity index (χ4n) is 1.89. The summed E-state index contributed by atoms with van der Waals surface area (Å²) in [6.45, 7) is 2.19. The molecule has 0 unspecified atom stereocenters. The Morgan fingerprint density at radius 2 is 2.05 bits per heavy atom. The normalized spacial score (nSPS) is 13.2. The van der Waals surface area contributed by atoms with Crippen molar-refractivity contribution >= 4 is 17.8 Å².